The standard InChI is InChI=1S/C14H21FN2/c1-10-8-11(5-6-13(10)15)14(16-2)9-12-4-3-7-17-12/h5-6,8,12,14,16-17H,3-4,7,9H2,1-2H3. The fraction of sp³-hybridized carbons (Fsp3) is 0.571. The van der Waals surface area contributed by atoms with Crippen molar-refractivity contribution >= 4 is 0 Å². The Morgan fingerprint density at radius 2 is 2.35 bits per heavy atom. The molecule has 2 atom stereocenters. The predicted molar refractivity (Wildman–Crippen MR) is 68.6 cm³/mol. The van der Waals surface area contributed by atoms with Crippen LogP contribution in [0.1, 0.15) is 36.4 Å². The molecule has 0 amide bonds. The molecule has 94 valence electrons. The van der Waals surface area contributed by atoms with Crippen molar-refractivity contribution in [3.8, 4) is 0 Å². The van der Waals surface area contributed by atoms with Gasteiger partial charge >= 0.3 is 0 Å². The third-order valence-corrected chi connectivity index (χ3v) is 3.62. The molecule has 0 bridgehead atoms. The van der Waals surface area contributed by atoms with E-state index in [-0.39, 0.29) is 5.82 Å². The Kier molecular flexibility index (Phi) is 4.13. The Morgan fingerprint density at radius 3 is 2.94 bits per heavy atom. The van der Waals surface area contributed by atoms with Crippen LogP contribution in [0.15, 0.2) is 18.2 Å². The van der Waals surface area contributed by atoms with Crippen molar-refractivity contribution in [3.63, 3.8) is 0 Å². The van der Waals surface area contributed by atoms with E-state index in [0.29, 0.717) is 12.1 Å². The van der Waals surface area contributed by atoms with E-state index >= 15 is 0 Å². The summed E-state index contributed by atoms with van der Waals surface area (Å²) in [5.41, 5.74) is 1.90. The van der Waals surface area contributed by atoms with Crippen molar-refractivity contribution in [1.29, 1.82) is 0 Å². The van der Waals surface area contributed by atoms with E-state index in [4.69, 9.17) is 0 Å². The van der Waals surface area contributed by atoms with E-state index in [9.17, 15) is 4.39 Å². The maximum absolute atomic E-state index is 13.2. The van der Waals surface area contributed by atoms with Crippen LogP contribution in [0, 0.1) is 12.7 Å². The lowest BCUT2D eigenvalue weighted by Crippen LogP contribution is -2.28. The van der Waals surface area contributed by atoms with Gasteiger partial charge in [-0.2, -0.15) is 0 Å². The Labute approximate surface area is 103 Å². The number of nitrogens with one attached hydrogen (secondary N) is 2. The van der Waals surface area contributed by atoms with Gasteiger partial charge < -0.3 is 10.6 Å². The van der Waals surface area contributed by atoms with E-state index in [1.165, 1.54) is 18.4 Å². The first kappa shape index (κ1) is 12.5. The molecule has 0 aliphatic carbocycles. The van der Waals surface area contributed by atoms with Gasteiger partial charge in [-0.05, 0) is 57.0 Å². The maximum atomic E-state index is 13.2. The average Bonchev–Trinajstić information content (AvgIpc) is 2.82. The van der Waals surface area contributed by atoms with Crippen molar-refractivity contribution in [2.75, 3.05) is 13.6 Å². The average molecular weight is 236 g/mol. The number of benzene rings is 1. The van der Waals surface area contributed by atoms with Crippen LogP contribution in [0.4, 0.5) is 4.39 Å². The summed E-state index contributed by atoms with van der Waals surface area (Å²) in [6, 6.07) is 6.31. The van der Waals surface area contributed by atoms with Gasteiger partial charge in [-0.1, -0.05) is 12.1 Å². The molecule has 2 nitrogen and oxygen atoms in total. The molecule has 1 heterocycles. The lowest BCUT2D eigenvalue weighted by Gasteiger charge is -2.21. The van der Waals surface area contributed by atoms with Crippen molar-refractivity contribution in [2.45, 2.75) is 38.3 Å². The van der Waals surface area contributed by atoms with Gasteiger partial charge in [0.2, 0.25) is 0 Å². The molecule has 17 heavy (non-hydrogen) atoms. The second-order valence-electron chi connectivity index (χ2n) is 4.88. The summed E-state index contributed by atoms with van der Waals surface area (Å²) in [6.07, 6.45) is 3.59. The number of aryl methyl sites for hydroxylation is 1. The molecule has 0 saturated carbocycles. The first-order chi connectivity index (χ1) is 8.20. The second kappa shape index (κ2) is 5.61. The highest BCUT2D eigenvalue weighted by Crippen LogP contribution is 2.23. The van der Waals surface area contributed by atoms with Crippen LogP contribution in [0.2, 0.25) is 0 Å². The summed E-state index contributed by atoms with van der Waals surface area (Å²) in [4.78, 5) is 0. The fourth-order valence-corrected chi connectivity index (χ4v) is 2.55. The van der Waals surface area contributed by atoms with Crippen molar-refractivity contribution < 1.29 is 4.39 Å². The van der Waals surface area contributed by atoms with Gasteiger partial charge in [0.05, 0.1) is 0 Å². The summed E-state index contributed by atoms with van der Waals surface area (Å²) in [5.74, 6) is -0.123. The SMILES string of the molecule is CNC(CC1CCCN1)c1ccc(F)c(C)c1. The smallest absolute Gasteiger partial charge is 0.126 e. The summed E-state index contributed by atoms with van der Waals surface area (Å²) >= 11 is 0. The van der Waals surface area contributed by atoms with E-state index in [2.05, 4.69) is 10.6 Å². The number of hydrogen-bond donors (Lipinski definition) is 2. The molecule has 0 radical (unpaired) electrons. The Balaban J connectivity index is 2.08. The van der Waals surface area contributed by atoms with Crippen LogP contribution < -0.4 is 10.6 Å². The lowest BCUT2D eigenvalue weighted by molar-refractivity contribution is 0.452. The van der Waals surface area contributed by atoms with Crippen LogP contribution in [0.5, 0.6) is 0 Å². The third-order valence-electron chi connectivity index (χ3n) is 3.62. The van der Waals surface area contributed by atoms with Crippen molar-refractivity contribution in [1.82, 2.24) is 10.6 Å². The topological polar surface area (TPSA) is 24.1 Å². The summed E-state index contributed by atoms with van der Waals surface area (Å²) < 4.78 is 13.2. The second-order valence-corrected chi connectivity index (χ2v) is 4.88. The highest BCUT2D eigenvalue weighted by atomic mass is 19.1. The first-order valence-corrected chi connectivity index (χ1v) is 6.37. The molecule has 3 heteroatoms. The van der Waals surface area contributed by atoms with E-state index < -0.39 is 0 Å². The number of rotatable bonds is 4. The predicted octanol–water partition coefficient (Wildman–Crippen LogP) is 2.54. The van der Waals surface area contributed by atoms with Gasteiger partial charge in [0.15, 0.2) is 0 Å². The Bertz CT molecular complexity index is 372. The van der Waals surface area contributed by atoms with E-state index in [1.807, 2.05) is 26.1 Å². The minimum atomic E-state index is -0.123. The molecule has 0 aromatic heterocycles. The molecule has 1 aliphatic rings. The normalized spacial score (nSPS) is 21.7. The molecule has 1 saturated heterocycles. The molecule has 2 unspecified atom stereocenters. The molecular weight excluding hydrogens is 215 g/mol. The van der Waals surface area contributed by atoms with Crippen LogP contribution in [-0.2, 0) is 0 Å². The van der Waals surface area contributed by atoms with Crippen LogP contribution in [0.3, 0.4) is 0 Å². The van der Waals surface area contributed by atoms with Gasteiger partial charge in [-0.15, -0.1) is 0 Å². The van der Waals surface area contributed by atoms with Gasteiger partial charge in [0.1, 0.15) is 5.82 Å². The lowest BCUT2D eigenvalue weighted by atomic mass is 9.97. The summed E-state index contributed by atoms with van der Waals surface area (Å²) in [6.45, 7) is 2.95. The van der Waals surface area contributed by atoms with Gasteiger partial charge in [-0.3, -0.25) is 0 Å². The van der Waals surface area contributed by atoms with Gasteiger partial charge in [0.25, 0.3) is 0 Å². The molecule has 1 aromatic carbocycles. The minimum Gasteiger partial charge on any atom is -0.314 e. The zero-order valence-corrected chi connectivity index (χ0v) is 10.6. The Morgan fingerprint density at radius 1 is 1.53 bits per heavy atom. The molecule has 1 aromatic rings. The molecule has 1 aliphatic heterocycles. The zero-order valence-electron chi connectivity index (χ0n) is 10.6. The van der Waals surface area contributed by atoms with Crippen LogP contribution in [-0.4, -0.2) is 19.6 Å². The van der Waals surface area contributed by atoms with E-state index in [1.54, 1.807) is 6.07 Å². The van der Waals surface area contributed by atoms with Gasteiger partial charge in [-0.25, -0.2) is 4.39 Å². The quantitative estimate of drug-likeness (QED) is 0.839. The molecular formula is C14H21FN2. The first-order valence-electron chi connectivity index (χ1n) is 6.37. The van der Waals surface area contributed by atoms with Crippen LogP contribution in [0.25, 0.3) is 0 Å². The van der Waals surface area contributed by atoms with E-state index in [0.717, 1.165) is 18.5 Å². The highest BCUT2D eigenvalue weighted by Gasteiger charge is 2.20. The highest BCUT2D eigenvalue weighted by molar-refractivity contribution is 5.26. The molecule has 0 spiro atoms. The maximum Gasteiger partial charge on any atom is 0.126 e. The molecule has 2 N–H and O–H groups in total. The minimum absolute atomic E-state index is 0.123. The summed E-state index contributed by atoms with van der Waals surface area (Å²) in [5, 5.41) is 6.83. The number of halogens is 1. The largest absolute Gasteiger partial charge is 0.314 e. The third kappa shape index (κ3) is 3.05. The van der Waals surface area contributed by atoms with Crippen LogP contribution >= 0.6 is 0 Å². The molecule has 2 rings (SSSR count). The summed E-state index contributed by atoms with van der Waals surface area (Å²) in [7, 11) is 1.97. The molecule has 1 fully saturated rings. The monoisotopic (exact) mass is 236 g/mol. The fourth-order valence-electron chi connectivity index (χ4n) is 2.55. The zero-order chi connectivity index (χ0) is 12.3. The van der Waals surface area contributed by atoms with Gasteiger partial charge in [0, 0.05) is 12.1 Å². The van der Waals surface area contributed by atoms with Crippen molar-refractivity contribution in [2.24, 2.45) is 0 Å². The number of hydrogen-bond acceptors (Lipinski definition) is 2. The Hall–Kier alpha value is -0.930. The van der Waals surface area contributed by atoms with Crippen molar-refractivity contribution in [3.05, 3.63) is 35.1 Å².